The summed E-state index contributed by atoms with van der Waals surface area (Å²) in [5, 5.41) is 30.1. The summed E-state index contributed by atoms with van der Waals surface area (Å²) in [7, 11) is 0. The molecule has 23 heavy (non-hydrogen) atoms. The molecule has 10 heteroatoms. The van der Waals surface area contributed by atoms with Gasteiger partial charge in [-0.15, -0.1) is 0 Å². The highest BCUT2D eigenvalue weighted by atomic mass is 16.6. The van der Waals surface area contributed by atoms with Crippen molar-refractivity contribution in [2.45, 2.75) is 37.9 Å². The molecular weight excluding hydrogens is 306 g/mol. The molecule has 1 aliphatic heterocycles. The molecule has 6 N–H and O–H groups in total. The van der Waals surface area contributed by atoms with E-state index in [1.807, 2.05) is 0 Å². The van der Waals surface area contributed by atoms with Crippen LogP contribution in [0.3, 0.4) is 0 Å². The van der Waals surface area contributed by atoms with Crippen molar-refractivity contribution in [2.75, 3.05) is 12.3 Å². The molecule has 1 fully saturated rings. The lowest BCUT2D eigenvalue weighted by Crippen LogP contribution is -2.49. The van der Waals surface area contributed by atoms with Gasteiger partial charge >= 0.3 is 0 Å². The van der Waals surface area contributed by atoms with Crippen LogP contribution in [0.4, 0.5) is 5.95 Å². The molecule has 0 amide bonds. The average molecular weight is 325 g/mol. The summed E-state index contributed by atoms with van der Waals surface area (Å²) < 4.78 is 7.19. The standard InChI is InChI=1S/C13H19N5O5/c1-5(2)13(9(21)8(20)6(3-19)23-13)18-4-15-7-10(18)16-12(14)17-11(7)22/h4-6,8-9,19-21H,3H2,1-2H3,(H3,14,16,17,22)/t6-,8-,9-,13-/m1/s1. The summed E-state index contributed by atoms with van der Waals surface area (Å²) in [6.07, 6.45) is -2.30. The highest BCUT2D eigenvalue weighted by Crippen LogP contribution is 2.42. The van der Waals surface area contributed by atoms with E-state index in [0.29, 0.717) is 0 Å². The van der Waals surface area contributed by atoms with Gasteiger partial charge in [0.25, 0.3) is 5.56 Å². The largest absolute Gasteiger partial charge is 0.394 e. The maximum Gasteiger partial charge on any atom is 0.280 e. The number of aliphatic hydroxyl groups excluding tert-OH is 3. The van der Waals surface area contributed by atoms with Crippen molar-refractivity contribution >= 4 is 17.1 Å². The Labute approximate surface area is 130 Å². The molecule has 0 spiro atoms. The topological polar surface area (TPSA) is 160 Å². The number of hydrogen-bond acceptors (Lipinski definition) is 8. The van der Waals surface area contributed by atoms with Gasteiger partial charge in [0, 0.05) is 5.92 Å². The fourth-order valence-corrected chi connectivity index (χ4v) is 3.11. The zero-order valence-electron chi connectivity index (χ0n) is 12.7. The number of nitrogens with two attached hydrogens (primary N) is 1. The maximum absolute atomic E-state index is 11.9. The lowest BCUT2D eigenvalue weighted by Gasteiger charge is -2.37. The number of imidazole rings is 1. The Kier molecular flexibility index (Phi) is 3.64. The Hall–Kier alpha value is -2.01. The van der Waals surface area contributed by atoms with Crippen LogP contribution in [0.2, 0.25) is 0 Å². The maximum atomic E-state index is 11.9. The van der Waals surface area contributed by atoms with Crippen LogP contribution in [0.25, 0.3) is 11.2 Å². The van der Waals surface area contributed by atoms with Gasteiger partial charge in [-0.2, -0.15) is 4.98 Å². The molecule has 0 saturated carbocycles. The quantitative estimate of drug-likeness (QED) is 0.438. The number of aliphatic hydroxyl groups is 3. The van der Waals surface area contributed by atoms with E-state index in [0.717, 1.165) is 0 Å². The zero-order valence-corrected chi connectivity index (χ0v) is 12.7. The van der Waals surface area contributed by atoms with E-state index in [9.17, 15) is 20.1 Å². The van der Waals surface area contributed by atoms with Gasteiger partial charge in [0.2, 0.25) is 5.95 Å². The van der Waals surface area contributed by atoms with E-state index in [1.165, 1.54) is 10.9 Å². The van der Waals surface area contributed by atoms with Crippen LogP contribution in [0, 0.1) is 5.92 Å². The third-order valence-corrected chi connectivity index (χ3v) is 4.28. The third kappa shape index (κ3) is 2.06. The van der Waals surface area contributed by atoms with Crippen LogP contribution in [0.15, 0.2) is 11.1 Å². The molecule has 10 nitrogen and oxygen atoms in total. The molecule has 2 aromatic heterocycles. The number of nitrogens with zero attached hydrogens (tertiary/aromatic N) is 3. The fourth-order valence-electron chi connectivity index (χ4n) is 3.11. The van der Waals surface area contributed by atoms with E-state index >= 15 is 0 Å². The summed E-state index contributed by atoms with van der Waals surface area (Å²) in [6.45, 7) is 3.09. The lowest BCUT2D eigenvalue weighted by molar-refractivity contribution is -0.174. The number of anilines is 1. The second kappa shape index (κ2) is 5.27. The van der Waals surface area contributed by atoms with Gasteiger partial charge in [0.15, 0.2) is 16.9 Å². The minimum atomic E-state index is -1.44. The van der Waals surface area contributed by atoms with Gasteiger partial charge < -0.3 is 25.8 Å². The Bertz CT molecular complexity index is 787. The SMILES string of the molecule is CC(C)[C@@]1(n2cnc3c(=O)[nH]c(N)nc32)O[C@H](CO)[C@@H](O)[C@H]1O. The van der Waals surface area contributed by atoms with Crippen LogP contribution in [0.5, 0.6) is 0 Å². The van der Waals surface area contributed by atoms with Crippen LogP contribution >= 0.6 is 0 Å². The molecular formula is C13H19N5O5. The van der Waals surface area contributed by atoms with Gasteiger partial charge in [-0.05, 0) is 0 Å². The van der Waals surface area contributed by atoms with Gasteiger partial charge in [-0.1, -0.05) is 13.8 Å². The van der Waals surface area contributed by atoms with Gasteiger partial charge in [0.1, 0.15) is 18.3 Å². The predicted octanol–water partition coefficient (Wildman–Crippen LogP) is -1.88. The van der Waals surface area contributed by atoms with E-state index in [2.05, 4.69) is 15.0 Å². The van der Waals surface area contributed by atoms with E-state index in [4.69, 9.17) is 10.5 Å². The fraction of sp³-hybridized carbons (Fsp3) is 0.615. The summed E-state index contributed by atoms with van der Waals surface area (Å²) in [6, 6.07) is 0. The van der Waals surface area contributed by atoms with E-state index < -0.39 is 36.2 Å². The number of ether oxygens (including phenoxy) is 1. The number of fused-ring (bicyclic) bond motifs is 1. The Morgan fingerprint density at radius 1 is 1.52 bits per heavy atom. The van der Waals surface area contributed by atoms with Crippen molar-refractivity contribution in [3.63, 3.8) is 0 Å². The zero-order chi connectivity index (χ0) is 16.9. The minimum Gasteiger partial charge on any atom is -0.394 e. The molecule has 0 radical (unpaired) electrons. The Morgan fingerprint density at radius 3 is 2.78 bits per heavy atom. The van der Waals surface area contributed by atoms with Crippen LogP contribution in [-0.4, -0.2) is 59.8 Å². The van der Waals surface area contributed by atoms with Crippen molar-refractivity contribution < 1.29 is 20.1 Å². The number of aromatic nitrogens is 4. The second-order valence-corrected chi connectivity index (χ2v) is 5.92. The van der Waals surface area contributed by atoms with Crippen molar-refractivity contribution in [1.82, 2.24) is 19.5 Å². The monoisotopic (exact) mass is 325 g/mol. The summed E-state index contributed by atoms with van der Waals surface area (Å²) in [5.41, 5.74) is 3.80. The highest BCUT2D eigenvalue weighted by Gasteiger charge is 2.57. The third-order valence-electron chi connectivity index (χ3n) is 4.28. The minimum absolute atomic E-state index is 0.0389. The molecule has 126 valence electrons. The highest BCUT2D eigenvalue weighted by molar-refractivity contribution is 5.70. The number of nitrogens with one attached hydrogen (secondary N) is 1. The molecule has 1 saturated heterocycles. The molecule has 4 atom stereocenters. The lowest BCUT2D eigenvalue weighted by atomic mass is 9.91. The smallest absolute Gasteiger partial charge is 0.280 e. The molecule has 3 rings (SSSR count). The molecule has 0 unspecified atom stereocenters. The second-order valence-electron chi connectivity index (χ2n) is 5.92. The molecule has 1 aliphatic rings. The molecule has 3 heterocycles. The predicted molar refractivity (Wildman–Crippen MR) is 79.3 cm³/mol. The van der Waals surface area contributed by atoms with E-state index in [1.54, 1.807) is 13.8 Å². The normalized spacial score (nSPS) is 31.3. The van der Waals surface area contributed by atoms with Crippen molar-refractivity contribution in [3.05, 3.63) is 16.7 Å². The molecule has 0 bridgehead atoms. The van der Waals surface area contributed by atoms with Crippen LogP contribution in [-0.2, 0) is 10.5 Å². The first-order valence-electron chi connectivity index (χ1n) is 7.21. The Morgan fingerprint density at radius 2 is 2.22 bits per heavy atom. The van der Waals surface area contributed by atoms with E-state index in [-0.39, 0.29) is 23.0 Å². The average Bonchev–Trinajstić information content (AvgIpc) is 3.01. The Balaban J connectivity index is 2.27. The van der Waals surface area contributed by atoms with Gasteiger partial charge in [-0.3, -0.25) is 14.3 Å². The van der Waals surface area contributed by atoms with Crippen LogP contribution < -0.4 is 11.3 Å². The van der Waals surface area contributed by atoms with Crippen molar-refractivity contribution in [2.24, 2.45) is 5.92 Å². The van der Waals surface area contributed by atoms with Gasteiger partial charge in [-0.25, -0.2) is 4.98 Å². The first-order chi connectivity index (χ1) is 10.8. The van der Waals surface area contributed by atoms with Crippen molar-refractivity contribution in [3.8, 4) is 0 Å². The molecule has 2 aromatic rings. The molecule has 0 aliphatic carbocycles. The first-order valence-corrected chi connectivity index (χ1v) is 7.21. The van der Waals surface area contributed by atoms with Crippen LogP contribution in [0.1, 0.15) is 13.8 Å². The number of hydrogen-bond donors (Lipinski definition) is 5. The molecule has 0 aromatic carbocycles. The first kappa shape index (κ1) is 15.9. The summed E-state index contributed by atoms with van der Waals surface area (Å²) in [5.74, 6) is -0.432. The van der Waals surface area contributed by atoms with Crippen molar-refractivity contribution in [1.29, 1.82) is 0 Å². The summed E-state index contributed by atoms with van der Waals surface area (Å²) in [4.78, 5) is 22.3. The number of H-pyrrole nitrogens is 1. The number of nitrogen functional groups attached to an aromatic ring is 1. The van der Waals surface area contributed by atoms with Gasteiger partial charge in [0.05, 0.1) is 12.9 Å². The summed E-state index contributed by atoms with van der Waals surface area (Å²) >= 11 is 0. The number of aromatic amines is 1. The number of rotatable bonds is 3.